The number of hydrogen-bond acceptors (Lipinski definition) is 3. The van der Waals surface area contributed by atoms with Crippen LogP contribution in [0.25, 0.3) is 0 Å². The Hall–Kier alpha value is -0.800. The highest BCUT2D eigenvalue weighted by Gasteiger charge is 2.01. The van der Waals surface area contributed by atoms with Gasteiger partial charge in [0, 0.05) is 24.4 Å². The first-order valence-electron chi connectivity index (χ1n) is 6.51. The van der Waals surface area contributed by atoms with Gasteiger partial charge < -0.3 is 4.90 Å². The second-order valence-electron chi connectivity index (χ2n) is 4.58. The van der Waals surface area contributed by atoms with E-state index in [0.29, 0.717) is 6.42 Å². The average Bonchev–Trinajstić information content (AvgIpc) is 2.36. The van der Waals surface area contributed by atoms with Gasteiger partial charge in [-0.3, -0.25) is 4.79 Å². The van der Waals surface area contributed by atoms with Crippen molar-refractivity contribution in [2.45, 2.75) is 31.6 Å². The highest BCUT2D eigenvalue weighted by molar-refractivity contribution is 7.99. The molecule has 0 saturated heterocycles. The van der Waals surface area contributed by atoms with E-state index in [9.17, 15) is 4.79 Å². The fourth-order valence-corrected chi connectivity index (χ4v) is 2.36. The van der Waals surface area contributed by atoms with Crippen molar-refractivity contribution in [3.63, 3.8) is 0 Å². The summed E-state index contributed by atoms with van der Waals surface area (Å²) in [6.45, 7) is 5.69. The van der Waals surface area contributed by atoms with Gasteiger partial charge >= 0.3 is 0 Å². The number of carbonyl (C=O) groups is 1. The molecule has 1 aromatic rings. The van der Waals surface area contributed by atoms with Gasteiger partial charge in [-0.1, -0.05) is 19.1 Å². The van der Waals surface area contributed by atoms with Gasteiger partial charge in [0.1, 0.15) is 5.78 Å². The van der Waals surface area contributed by atoms with Crippen molar-refractivity contribution >= 4 is 17.5 Å². The molecule has 0 aromatic heterocycles. The van der Waals surface area contributed by atoms with E-state index in [2.05, 4.69) is 43.1 Å². The van der Waals surface area contributed by atoms with E-state index in [4.69, 9.17) is 0 Å². The molecule has 0 bridgehead atoms. The number of Topliss-reactive ketones (excluding diaryl/α,β-unsaturated/α-hetero) is 1. The molecular formula is C15H23NOS. The Labute approximate surface area is 115 Å². The van der Waals surface area contributed by atoms with Gasteiger partial charge in [-0.15, -0.1) is 11.8 Å². The lowest BCUT2D eigenvalue weighted by molar-refractivity contribution is -0.117. The Morgan fingerprint density at radius 3 is 2.44 bits per heavy atom. The van der Waals surface area contributed by atoms with Crippen LogP contribution in [0.5, 0.6) is 0 Å². The SMILES string of the molecule is CCSc1ccc(CCN(C)CCC(C)=O)cc1. The summed E-state index contributed by atoms with van der Waals surface area (Å²) in [7, 11) is 2.07. The summed E-state index contributed by atoms with van der Waals surface area (Å²) in [6, 6.07) is 8.80. The minimum atomic E-state index is 0.266. The molecule has 0 heterocycles. The second kappa shape index (κ2) is 8.33. The first-order valence-corrected chi connectivity index (χ1v) is 7.50. The number of likely N-dealkylation sites (N-methyl/N-ethyl adjacent to an activating group) is 1. The summed E-state index contributed by atoms with van der Waals surface area (Å²) >= 11 is 1.87. The molecule has 0 atom stereocenters. The van der Waals surface area contributed by atoms with Crippen LogP contribution in [0.1, 0.15) is 25.8 Å². The second-order valence-corrected chi connectivity index (χ2v) is 5.92. The van der Waals surface area contributed by atoms with Gasteiger partial charge in [0.25, 0.3) is 0 Å². The number of thioether (sulfide) groups is 1. The lowest BCUT2D eigenvalue weighted by Gasteiger charge is -2.15. The first kappa shape index (κ1) is 15.3. The maximum Gasteiger partial charge on any atom is 0.131 e. The van der Waals surface area contributed by atoms with Gasteiger partial charge in [-0.2, -0.15) is 0 Å². The molecule has 0 spiro atoms. The molecule has 0 fully saturated rings. The van der Waals surface area contributed by atoms with E-state index in [1.54, 1.807) is 6.92 Å². The van der Waals surface area contributed by atoms with Crippen LogP contribution < -0.4 is 0 Å². The molecule has 0 N–H and O–H groups in total. The zero-order valence-electron chi connectivity index (χ0n) is 11.6. The zero-order chi connectivity index (χ0) is 13.4. The quantitative estimate of drug-likeness (QED) is 0.673. The highest BCUT2D eigenvalue weighted by atomic mass is 32.2. The van der Waals surface area contributed by atoms with Crippen LogP contribution in [0.3, 0.4) is 0 Å². The first-order chi connectivity index (χ1) is 8.61. The molecule has 18 heavy (non-hydrogen) atoms. The van der Waals surface area contributed by atoms with Gasteiger partial charge in [0.15, 0.2) is 0 Å². The molecule has 100 valence electrons. The summed E-state index contributed by atoms with van der Waals surface area (Å²) in [5.41, 5.74) is 1.37. The van der Waals surface area contributed by atoms with Gasteiger partial charge in [-0.25, -0.2) is 0 Å². The largest absolute Gasteiger partial charge is 0.306 e. The highest BCUT2D eigenvalue weighted by Crippen LogP contribution is 2.17. The average molecular weight is 265 g/mol. The summed E-state index contributed by atoms with van der Waals surface area (Å²) in [5.74, 6) is 1.38. The molecule has 0 unspecified atom stereocenters. The maximum absolute atomic E-state index is 10.9. The van der Waals surface area contributed by atoms with Crippen LogP contribution >= 0.6 is 11.8 Å². The molecule has 0 aliphatic heterocycles. The van der Waals surface area contributed by atoms with E-state index < -0.39 is 0 Å². The third-order valence-corrected chi connectivity index (χ3v) is 3.76. The number of ketones is 1. The molecule has 0 amide bonds. The molecule has 0 aliphatic carbocycles. The third kappa shape index (κ3) is 6.22. The minimum absolute atomic E-state index is 0.266. The van der Waals surface area contributed by atoms with Crippen LogP contribution in [-0.4, -0.2) is 36.6 Å². The number of carbonyl (C=O) groups excluding carboxylic acids is 1. The fourth-order valence-electron chi connectivity index (χ4n) is 1.70. The predicted octanol–water partition coefficient (Wildman–Crippen LogP) is 3.25. The van der Waals surface area contributed by atoms with Gasteiger partial charge in [0.05, 0.1) is 0 Å². The van der Waals surface area contributed by atoms with Crippen molar-refractivity contribution in [1.82, 2.24) is 4.90 Å². The Morgan fingerprint density at radius 2 is 1.89 bits per heavy atom. The van der Waals surface area contributed by atoms with E-state index in [-0.39, 0.29) is 5.78 Å². The van der Waals surface area contributed by atoms with Gasteiger partial charge in [-0.05, 0) is 43.8 Å². The van der Waals surface area contributed by atoms with Crippen LogP contribution in [0.2, 0.25) is 0 Å². The monoisotopic (exact) mass is 265 g/mol. The lowest BCUT2D eigenvalue weighted by atomic mass is 10.1. The minimum Gasteiger partial charge on any atom is -0.306 e. The summed E-state index contributed by atoms with van der Waals surface area (Å²) < 4.78 is 0. The number of benzene rings is 1. The fraction of sp³-hybridized carbons (Fsp3) is 0.533. The lowest BCUT2D eigenvalue weighted by Crippen LogP contribution is -2.23. The van der Waals surface area contributed by atoms with Crippen LogP contribution in [0, 0.1) is 0 Å². The van der Waals surface area contributed by atoms with Crippen LogP contribution in [0.15, 0.2) is 29.2 Å². The van der Waals surface area contributed by atoms with E-state index in [1.165, 1.54) is 10.5 Å². The maximum atomic E-state index is 10.9. The zero-order valence-corrected chi connectivity index (χ0v) is 12.4. The van der Waals surface area contributed by atoms with Gasteiger partial charge in [0.2, 0.25) is 0 Å². The molecule has 0 radical (unpaired) electrons. The number of hydrogen-bond donors (Lipinski definition) is 0. The number of rotatable bonds is 8. The van der Waals surface area contributed by atoms with Crippen molar-refractivity contribution in [3.8, 4) is 0 Å². The standard InChI is InChI=1S/C15H23NOS/c1-4-18-15-7-5-14(6-8-15)10-12-16(3)11-9-13(2)17/h5-8H,4,9-12H2,1-3H3. The predicted molar refractivity (Wildman–Crippen MR) is 79.3 cm³/mol. The summed E-state index contributed by atoms with van der Waals surface area (Å²) in [4.78, 5) is 14.4. The van der Waals surface area contributed by atoms with Crippen molar-refractivity contribution in [3.05, 3.63) is 29.8 Å². The summed E-state index contributed by atoms with van der Waals surface area (Å²) in [6.07, 6.45) is 1.70. The van der Waals surface area contributed by atoms with Crippen molar-refractivity contribution in [2.75, 3.05) is 25.9 Å². The van der Waals surface area contributed by atoms with E-state index in [1.807, 2.05) is 11.8 Å². The Morgan fingerprint density at radius 1 is 1.22 bits per heavy atom. The topological polar surface area (TPSA) is 20.3 Å². The summed E-state index contributed by atoms with van der Waals surface area (Å²) in [5, 5.41) is 0. The Balaban J connectivity index is 2.31. The Kier molecular flexibility index (Phi) is 7.06. The van der Waals surface area contributed by atoms with E-state index >= 15 is 0 Å². The number of nitrogens with zero attached hydrogens (tertiary/aromatic N) is 1. The molecule has 2 nitrogen and oxygen atoms in total. The Bertz CT molecular complexity index is 361. The molecular weight excluding hydrogens is 242 g/mol. The van der Waals surface area contributed by atoms with Crippen LogP contribution in [0.4, 0.5) is 0 Å². The smallest absolute Gasteiger partial charge is 0.131 e. The van der Waals surface area contributed by atoms with Crippen molar-refractivity contribution in [1.29, 1.82) is 0 Å². The van der Waals surface area contributed by atoms with Crippen molar-refractivity contribution < 1.29 is 4.79 Å². The van der Waals surface area contributed by atoms with Crippen molar-refractivity contribution in [2.24, 2.45) is 0 Å². The molecule has 3 heteroatoms. The normalized spacial score (nSPS) is 10.9. The van der Waals surface area contributed by atoms with E-state index in [0.717, 1.165) is 25.3 Å². The third-order valence-electron chi connectivity index (χ3n) is 2.86. The molecule has 0 saturated carbocycles. The molecule has 1 aromatic carbocycles. The van der Waals surface area contributed by atoms with Crippen LogP contribution in [-0.2, 0) is 11.2 Å². The molecule has 1 rings (SSSR count). The molecule has 0 aliphatic rings.